The summed E-state index contributed by atoms with van der Waals surface area (Å²) < 4.78 is 24.9. The standard InChI is InChI=1S/C24H24FN3O4/c1-2-31-23(30)24(10-13-28(14-11-24)22(29)20-9-5-6-12-26-20)16-17-15-21(27-32-17)18-7-3-4-8-19(18)25/h3-9,12,15H,2,10-11,13-14,16H2,1H3. The zero-order valence-electron chi connectivity index (χ0n) is 17.8. The van der Waals surface area contributed by atoms with E-state index in [2.05, 4.69) is 10.1 Å². The van der Waals surface area contributed by atoms with Crippen LogP contribution in [0.1, 0.15) is 36.0 Å². The van der Waals surface area contributed by atoms with Gasteiger partial charge in [-0.25, -0.2) is 4.39 Å². The van der Waals surface area contributed by atoms with Gasteiger partial charge in [0, 0.05) is 37.3 Å². The number of hydrogen-bond donors (Lipinski definition) is 0. The van der Waals surface area contributed by atoms with Crippen molar-refractivity contribution >= 4 is 11.9 Å². The van der Waals surface area contributed by atoms with Crippen LogP contribution in [0.4, 0.5) is 4.39 Å². The van der Waals surface area contributed by atoms with Gasteiger partial charge < -0.3 is 14.2 Å². The fraction of sp³-hybridized carbons (Fsp3) is 0.333. The molecule has 4 rings (SSSR count). The van der Waals surface area contributed by atoms with Crippen molar-refractivity contribution in [2.75, 3.05) is 19.7 Å². The summed E-state index contributed by atoms with van der Waals surface area (Å²) in [5.74, 6) is -0.409. The highest BCUT2D eigenvalue weighted by Crippen LogP contribution is 2.38. The maximum atomic E-state index is 14.1. The molecule has 0 N–H and O–H groups in total. The normalized spacial score (nSPS) is 15.4. The maximum absolute atomic E-state index is 14.1. The lowest BCUT2D eigenvalue weighted by Gasteiger charge is -2.39. The van der Waals surface area contributed by atoms with E-state index >= 15 is 0 Å². The Bertz CT molecular complexity index is 1090. The van der Waals surface area contributed by atoms with Crippen LogP contribution in [-0.2, 0) is 16.0 Å². The van der Waals surface area contributed by atoms with Gasteiger partial charge in [0.1, 0.15) is 23.0 Å². The van der Waals surface area contributed by atoms with E-state index in [0.717, 1.165) is 0 Å². The van der Waals surface area contributed by atoms with Gasteiger partial charge in [0.15, 0.2) is 0 Å². The number of carbonyl (C=O) groups excluding carboxylic acids is 2. The molecule has 32 heavy (non-hydrogen) atoms. The second-order valence-electron chi connectivity index (χ2n) is 7.84. The van der Waals surface area contributed by atoms with Crippen LogP contribution < -0.4 is 0 Å². The number of halogens is 1. The van der Waals surface area contributed by atoms with E-state index in [0.29, 0.717) is 48.6 Å². The topological polar surface area (TPSA) is 85.5 Å². The molecule has 166 valence electrons. The van der Waals surface area contributed by atoms with Gasteiger partial charge in [-0.05, 0) is 44.0 Å². The molecule has 1 saturated heterocycles. The molecule has 2 aromatic heterocycles. The Balaban J connectivity index is 1.52. The molecule has 0 bridgehead atoms. The summed E-state index contributed by atoms with van der Waals surface area (Å²) >= 11 is 0. The first-order chi connectivity index (χ1) is 15.5. The Hall–Kier alpha value is -3.55. The summed E-state index contributed by atoms with van der Waals surface area (Å²) in [6.07, 6.45) is 2.68. The number of amides is 1. The monoisotopic (exact) mass is 437 g/mol. The number of nitrogens with zero attached hydrogens (tertiary/aromatic N) is 3. The molecule has 1 aliphatic rings. The van der Waals surface area contributed by atoms with E-state index in [4.69, 9.17) is 9.26 Å². The van der Waals surface area contributed by atoms with Crippen molar-refractivity contribution in [1.29, 1.82) is 0 Å². The molecule has 0 aliphatic carbocycles. The van der Waals surface area contributed by atoms with Crippen LogP contribution in [0.5, 0.6) is 0 Å². The molecule has 1 aromatic carbocycles. The number of esters is 1. The summed E-state index contributed by atoms with van der Waals surface area (Å²) in [6, 6.07) is 13.2. The van der Waals surface area contributed by atoms with Gasteiger partial charge in [0.2, 0.25) is 0 Å². The van der Waals surface area contributed by atoms with E-state index in [-0.39, 0.29) is 24.9 Å². The van der Waals surface area contributed by atoms with Crippen molar-refractivity contribution in [3.63, 3.8) is 0 Å². The molecule has 3 heterocycles. The van der Waals surface area contributed by atoms with Gasteiger partial charge in [0.25, 0.3) is 5.91 Å². The summed E-state index contributed by atoms with van der Waals surface area (Å²) in [5.41, 5.74) is 0.243. The number of carbonyl (C=O) groups is 2. The fourth-order valence-corrected chi connectivity index (χ4v) is 4.05. The van der Waals surface area contributed by atoms with Gasteiger partial charge in [-0.15, -0.1) is 0 Å². The molecule has 0 unspecified atom stereocenters. The van der Waals surface area contributed by atoms with E-state index in [1.54, 1.807) is 60.5 Å². The molecule has 0 radical (unpaired) electrons. The van der Waals surface area contributed by atoms with Crippen molar-refractivity contribution in [2.24, 2.45) is 5.41 Å². The third-order valence-electron chi connectivity index (χ3n) is 5.82. The van der Waals surface area contributed by atoms with E-state index < -0.39 is 11.2 Å². The van der Waals surface area contributed by atoms with E-state index in [1.807, 2.05) is 0 Å². The first-order valence-corrected chi connectivity index (χ1v) is 10.6. The zero-order chi connectivity index (χ0) is 22.6. The molecule has 0 spiro atoms. The Labute approximate surface area is 185 Å². The van der Waals surface area contributed by atoms with Crippen molar-refractivity contribution < 1.29 is 23.2 Å². The van der Waals surface area contributed by atoms with Crippen molar-refractivity contribution in [3.8, 4) is 11.3 Å². The molecule has 0 atom stereocenters. The quantitative estimate of drug-likeness (QED) is 0.544. The predicted molar refractivity (Wildman–Crippen MR) is 114 cm³/mol. The Morgan fingerprint density at radius 1 is 1.16 bits per heavy atom. The third-order valence-corrected chi connectivity index (χ3v) is 5.82. The second-order valence-corrected chi connectivity index (χ2v) is 7.84. The molecule has 1 aliphatic heterocycles. The van der Waals surface area contributed by atoms with Gasteiger partial charge in [-0.3, -0.25) is 14.6 Å². The highest BCUT2D eigenvalue weighted by Gasteiger charge is 2.44. The minimum absolute atomic E-state index is 0.162. The van der Waals surface area contributed by atoms with Crippen LogP contribution in [0.2, 0.25) is 0 Å². The highest BCUT2D eigenvalue weighted by atomic mass is 19.1. The van der Waals surface area contributed by atoms with Crippen molar-refractivity contribution in [2.45, 2.75) is 26.2 Å². The summed E-state index contributed by atoms with van der Waals surface area (Å²) in [7, 11) is 0. The molecule has 1 amide bonds. The van der Waals surface area contributed by atoms with Crippen molar-refractivity contribution in [3.05, 3.63) is 72.0 Å². The number of ether oxygens (including phenoxy) is 1. The maximum Gasteiger partial charge on any atom is 0.312 e. The smallest absolute Gasteiger partial charge is 0.312 e. The number of aromatic nitrogens is 2. The first-order valence-electron chi connectivity index (χ1n) is 10.6. The lowest BCUT2D eigenvalue weighted by atomic mass is 9.74. The lowest BCUT2D eigenvalue weighted by molar-refractivity contribution is -0.158. The van der Waals surface area contributed by atoms with Gasteiger partial charge in [0.05, 0.1) is 12.0 Å². The Morgan fingerprint density at radius 3 is 2.59 bits per heavy atom. The number of likely N-dealkylation sites (tertiary alicyclic amines) is 1. The Kier molecular flexibility index (Phi) is 6.30. The van der Waals surface area contributed by atoms with Crippen LogP contribution in [0.3, 0.4) is 0 Å². The molecule has 3 aromatic rings. The largest absolute Gasteiger partial charge is 0.466 e. The minimum Gasteiger partial charge on any atom is -0.466 e. The Morgan fingerprint density at radius 2 is 1.91 bits per heavy atom. The predicted octanol–water partition coefficient (Wildman–Crippen LogP) is 3.90. The van der Waals surface area contributed by atoms with Gasteiger partial charge in [-0.1, -0.05) is 23.4 Å². The number of pyridine rings is 1. The van der Waals surface area contributed by atoms with Gasteiger partial charge >= 0.3 is 5.97 Å². The first kappa shape index (κ1) is 21.7. The summed E-state index contributed by atoms with van der Waals surface area (Å²) in [5, 5.41) is 3.99. The number of piperidine rings is 1. The lowest BCUT2D eigenvalue weighted by Crippen LogP contribution is -2.48. The number of benzene rings is 1. The van der Waals surface area contributed by atoms with Gasteiger partial charge in [-0.2, -0.15) is 0 Å². The molecule has 8 heteroatoms. The minimum atomic E-state index is -0.844. The molecular weight excluding hydrogens is 413 g/mol. The fourth-order valence-electron chi connectivity index (χ4n) is 4.05. The van der Waals surface area contributed by atoms with Crippen LogP contribution in [0.15, 0.2) is 59.3 Å². The van der Waals surface area contributed by atoms with Crippen LogP contribution in [0.25, 0.3) is 11.3 Å². The molecule has 1 fully saturated rings. The number of rotatable bonds is 6. The molecule has 7 nitrogen and oxygen atoms in total. The zero-order valence-corrected chi connectivity index (χ0v) is 17.8. The summed E-state index contributed by atoms with van der Waals surface area (Å²) in [6.45, 7) is 2.80. The van der Waals surface area contributed by atoms with Crippen molar-refractivity contribution in [1.82, 2.24) is 15.0 Å². The van der Waals surface area contributed by atoms with Crippen LogP contribution in [-0.4, -0.2) is 46.6 Å². The average molecular weight is 437 g/mol. The highest BCUT2D eigenvalue weighted by molar-refractivity contribution is 5.92. The second kappa shape index (κ2) is 9.30. The molecular formula is C24H24FN3O4. The molecule has 0 saturated carbocycles. The summed E-state index contributed by atoms with van der Waals surface area (Å²) in [4.78, 5) is 31.5. The SMILES string of the molecule is CCOC(=O)C1(Cc2cc(-c3ccccc3F)no2)CCN(C(=O)c2ccccn2)CC1. The number of hydrogen-bond acceptors (Lipinski definition) is 6. The van der Waals surface area contributed by atoms with Crippen LogP contribution in [0, 0.1) is 11.2 Å². The van der Waals surface area contributed by atoms with E-state index in [9.17, 15) is 14.0 Å². The van der Waals surface area contributed by atoms with E-state index in [1.165, 1.54) is 6.07 Å². The third kappa shape index (κ3) is 4.39. The average Bonchev–Trinajstić information content (AvgIpc) is 3.28. The van der Waals surface area contributed by atoms with Crippen LogP contribution >= 0.6 is 0 Å².